The van der Waals surface area contributed by atoms with Crippen LogP contribution >= 0.6 is 0 Å². The number of nitrogens with zero attached hydrogens (tertiary/aromatic N) is 2. The average molecular weight is 206 g/mol. The van der Waals surface area contributed by atoms with Crippen molar-refractivity contribution in [3.8, 4) is 0 Å². The van der Waals surface area contributed by atoms with Gasteiger partial charge >= 0.3 is 0 Å². The second kappa shape index (κ2) is 7.64. The summed E-state index contributed by atoms with van der Waals surface area (Å²) in [4.78, 5) is 0. The Balaban J connectivity index is 0.000000245. The van der Waals surface area contributed by atoms with Crippen LogP contribution in [0.3, 0.4) is 0 Å². The molecule has 0 aromatic carbocycles. The Kier molecular flexibility index (Phi) is 6.76. The van der Waals surface area contributed by atoms with Crippen LogP contribution in [0.25, 0.3) is 0 Å². The summed E-state index contributed by atoms with van der Waals surface area (Å²) in [5.74, 6) is 0. The lowest BCUT2D eigenvalue weighted by Crippen LogP contribution is -2.25. The number of aryl methyl sites for hydroxylation is 2. The maximum absolute atomic E-state index is 2.00. The Morgan fingerprint density at radius 2 is 0.800 bits per heavy atom. The minimum atomic E-state index is 0. The first-order valence-electron chi connectivity index (χ1n) is 4.59. The van der Waals surface area contributed by atoms with E-state index < -0.39 is 0 Å². The second-order valence-electron chi connectivity index (χ2n) is 3.08. The summed E-state index contributed by atoms with van der Waals surface area (Å²) in [6, 6.07) is 12.0. The van der Waals surface area contributed by atoms with Gasteiger partial charge < -0.3 is 5.48 Å². The quantitative estimate of drug-likeness (QED) is 0.552. The van der Waals surface area contributed by atoms with E-state index in [4.69, 9.17) is 0 Å². The van der Waals surface area contributed by atoms with Crippen LogP contribution in [0, 0.1) is 0 Å². The van der Waals surface area contributed by atoms with Gasteiger partial charge in [0.15, 0.2) is 24.8 Å². The van der Waals surface area contributed by atoms with Crippen molar-refractivity contribution >= 4 is 0 Å². The fourth-order valence-corrected chi connectivity index (χ4v) is 0.969. The first kappa shape index (κ1) is 13.3. The van der Waals surface area contributed by atoms with Crippen LogP contribution in [0.15, 0.2) is 61.2 Å². The number of hydrogen-bond acceptors (Lipinski definition) is 0. The lowest BCUT2D eigenvalue weighted by Gasteiger charge is -1.77. The molecule has 0 radical (unpaired) electrons. The molecule has 0 unspecified atom stereocenters. The molecule has 2 N–H and O–H groups in total. The van der Waals surface area contributed by atoms with Crippen molar-refractivity contribution in [1.29, 1.82) is 0 Å². The lowest BCUT2D eigenvalue weighted by molar-refractivity contribution is -0.671. The number of pyridine rings is 2. The molecule has 0 atom stereocenters. The molecule has 0 bridgehead atoms. The van der Waals surface area contributed by atoms with E-state index in [1.165, 1.54) is 0 Å². The molecule has 0 amide bonds. The van der Waals surface area contributed by atoms with Crippen LogP contribution in [0.4, 0.5) is 0 Å². The first-order chi connectivity index (χ1) is 6.79. The summed E-state index contributed by atoms with van der Waals surface area (Å²) >= 11 is 0. The predicted molar refractivity (Wildman–Crippen MR) is 58.8 cm³/mol. The minimum Gasteiger partial charge on any atom is -0.412 e. The molecule has 0 fully saturated rings. The van der Waals surface area contributed by atoms with Crippen molar-refractivity contribution in [1.82, 2.24) is 0 Å². The summed E-state index contributed by atoms with van der Waals surface area (Å²) in [5.41, 5.74) is 0. The van der Waals surface area contributed by atoms with Gasteiger partial charge in [-0.2, -0.15) is 0 Å². The zero-order valence-electron chi connectivity index (χ0n) is 9.17. The smallest absolute Gasteiger partial charge is 0.168 e. The third kappa shape index (κ3) is 6.35. The van der Waals surface area contributed by atoms with Crippen LogP contribution in [0.1, 0.15) is 0 Å². The first-order valence-corrected chi connectivity index (χ1v) is 4.59. The number of aromatic nitrogens is 2. The standard InChI is InChI=1S/2C6H8N.H2O/c2*1-7-5-3-2-4-6-7;/h2*2-6H,1H3;1H2/q2*+1;. The zero-order valence-corrected chi connectivity index (χ0v) is 9.17. The Morgan fingerprint density at radius 3 is 0.933 bits per heavy atom. The SMILES string of the molecule is C[n+]1ccccc1.C[n+]1ccccc1.O. The highest BCUT2D eigenvalue weighted by Crippen LogP contribution is 1.72. The van der Waals surface area contributed by atoms with Gasteiger partial charge in [0.1, 0.15) is 14.1 Å². The van der Waals surface area contributed by atoms with E-state index in [2.05, 4.69) is 0 Å². The molecule has 2 rings (SSSR count). The van der Waals surface area contributed by atoms with Crippen LogP contribution < -0.4 is 9.13 Å². The van der Waals surface area contributed by atoms with E-state index in [1.807, 2.05) is 84.4 Å². The minimum absolute atomic E-state index is 0. The van der Waals surface area contributed by atoms with Crippen molar-refractivity contribution in [2.24, 2.45) is 14.1 Å². The monoisotopic (exact) mass is 206 g/mol. The maximum atomic E-state index is 2.00. The molecule has 0 aliphatic heterocycles. The molecule has 2 heterocycles. The number of rotatable bonds is 0. The Morgan fingerprint density at radius 1 is 0.533 bits per heavy atom. The summed E-state index contributed by atoms with van der Waals surface area (Å²) < 4.78 is 4.00. The van der Waals surface area contributed by atoms with Crippen molar-refractivity contribution in [2.45, 2.75) is 0 Å². The highest BCUT2D eigenvalue weighted by atomic mass is 16.0. The normalized spacial score (nSPS) is 8.13. The van der Waals surface area contributed by atoms with E-state index >= 15 is 0 Å². The van der Waals surface area contributed by atoms with Crippen molar-refractivity contribution in [3.05, 3.63) is 61.2 Å². The molecule has 0 saturated heterocycles. The van der Waals surface area contributed by atoms with E-state index in [9.17, 15) is 0 Å². The van der Waals surface area contributed by atoms with E-state index in [0.717, 1.165) is 0 Å². The zero-order chi connectivity index (χ0) is 10.2. The molecule has 0 aliphatic carbocycles. The molecular formula is C12H18N2O+2. The van der Waals surface area contributed by atoms with Crippen LogP contribution in [0.2, 0.25) is 0 Å². The largest absolute Gasteiger partial charge is 0.412 e. The van der Waals surface area contributed by atoms with Gasteiger partial charge in [-0.3, -0.25) is 0 Å². The third-order valence-corrected chi connectivity index (χ3v) is 1.73. The predicted octanol–water partition coefficient (Wildman–Crippen LogP) is 0.197. The van der Waals surface area contributed by atoms with E-state index in [1.54, 1.807) is 0 Å². The highest BCUT2D eigenvalue weighted by Gasteiger charge is 1.79. The third-order valence-electron chi connectivity index (χ3n) is 1.73. The summed E-state index contributed by atoms with van der Waals surface area (Å²) in [6.45, 7) is 0. The fraction of sp³-hybridized carbons (Fsp3) is 0.167. The van der Waals surface area contributed by atoms with Gasteiger partial charge in [0.2, 0.25) is 0 Å². The Labute approximate surface area is 90.6 Å². The van der Waals surface area contributed by atoms with Gasteiger partial charge in [-0.1, -0.05) is 12.1 Å². The van der Waals surface area contributed by atoms with E-state index in [0.29, 0.717) is 0 Å². The number of hydrogen-bond donors (Lipinski definition) is 0. The Hall–Kier alpha value is -1.74. The molecule has 2 aromatic rings. The maximum Gasteiger partial charge on any atom is 0.168 e. The van der Waals surface area contributed by atoms with Crippen molar-refractivity contribution < 1.29 is 14.6 Å². The van der Waals surface area contributed by atoms with Gasteiger partial charge in [0.25, 0.3) is 0 Å². The van der Waals surface area contributed by atoms with Gasteiger partial charge in [-0.25, -0.2) is 9.13 Å². The molecule has 0 spiro atoms. The summed E-state index contributed by atoms with van der Waals surface area (Å²) in [5, 5.41) is 0. The summed E-state index contributed by atoms with van der Waals surface area (Å²) in [7, 11) is 4.00. The van der Waals surface area contributed by atoms with Crippen molar-refractivity contribution in [3.63, 3.8) is 0 Å². The molecule has 3 nitrogen and oxygen atoms in total. The van der Waals surface area contributed by atoms with Gasteiger partial charge in [0, 0.05) is 24.3 Å². The molecule has 3 heteroatoms. The van der Waals surface area contributed by atoms with Gasteiger partial charge in [0.05, 0.1) is 0 Å². The molecule has 0 saturated carbocycles. The average Bonchev–Trinajstić information content (AvgIpc) is 2.21. The molecular weight excluding hydrogens is 188 g/mol. The van der Waals surface area contributed by atoms with Crippen LogP contribution in [-0.4, -0.2) is 5.48 Å². The van der Waals surface area contributed by atoms with Crippen LogP contribution in [0.5, 0.6) is 0 Å². The fourth-order valence-electron chi connectivity index (χ4n) is 0.969. The molecule has 15 heavy (non-hydrogen) atoms. The molecule has 0 aliphatic rings. The van der Waals surface area contributed by atoms with Crippen molar-refractivity contribution in [2.75, 3.05) is 0 Å². The summed E-state index contributed by atoms with van der Waals surface area (Å²) in [6.07, 6.45) is 8.00. The molecule has 80 valence electrons. The lowest BCUT2D eigenvalue weighted by atomic mass is 10.5. The Bertz CT molecular complexity index is 311. The topological polar surface area (TPSA) is 39.3 Å². The second-order valence-corrected chi connectivity index (χ2v) is 3.08. The highest BCUT2D eigenvalue weighted by molar-refractivity contribution is 4.83. The van der Waals surface area contributed by atoms with E-state index in [-0.39, 0.29) is 5.48 Å². The molecule has 2 aromatic heterocycles. The van der Waals surface area contributed by atoms with Crippen LogP contribution in [-0.2, 0) is 14.1 Å². The van der Waals surface area contributed by atoms with Gasteiger partial charge in [-0.05, 0) is 0 Å². The van der Waals surface area contributed by atoms with Gasteiger partial charge in [-0.15, -0.1) is 0 Å².